The first-order valence-electron chi connectivity index (χ1n) is 10.3. The molecule has 7 heteroatoms. The average Bonchev–Trinajstić information content (AvgIpc) is 3.34. The zero-order chi connectivity index (χ0) is 21.9. The van der Waals surface area contributed by atoms with E-state index in [2.05, 4.69) is 24.5 Å². The molecule has 3 amide bonds. The fraction of sp³-hybridized carbons (Fsp3) is 0.292. The lowest BCUT2D eigenvalue weighted by molar-refractivity contribution is -0.132. The Morgan fingerprint density at radius 3 is 2.48 bits per heavy atom. The van der Waals surface area contributed by atoms with Crippen LogP contribution in [-0.4, -0.2) is 36.1 Å². The lowest BCUT2D eigenvalue weighted by atomic mass is 9.76. The number of thiol groups is 1. The number of carbonyl (C=O) groups excluding carboxylic acids is 3. The molecule has 2 saturated heterocycles. The van der Waals surface area contributed by atoms with Gasteiger partial charge in [-0.15, -0.1) is 6.58 Å². The number of para-hydroxylation sites is 1. The minimum Gasteiger partial charge on any atom is -0.306 e. The van der Waals surface area contributed by atoms with E-state index in [0.29, 0.717) is 18.0 Å². The molecule has 158 valence electrons. The van der Waals surface area contributed by atoms with E-state index in [4.69, 9.17) is 0 Å². The summed E-state index contributed by atoms with van der Waals surface area (Å²) >= 11 is 4.45. The van der Waals surface area contributed by atoms with Crippen LogP contribution in [0.15, 0.2) is 61.2 Å². The first-order chi connectivity index (χ1) is 15.0. The number of fused-ring (bicyclic) bond motifs is 4. The molecular formula is C24H23N3O3S. The highest BCUT2D eigenvalue weighted by atomic mass is 32.1. The number of benzene rings is 2. The summed E-state index contributed by atoms with van der Waals surface area (Å²) in [4.78, 5) is 44.0. The van der Waals surface area contributed by atoms with Crippen LogP contribution >= 0.6 is 12.6 Å². The summed E-state index contributed by atoms with van der Waals surface area (Å²) in [5, 5.41) is 3.38. The molecule has 3 aliphatic rings. The van der Waals surface area contributed by atoms with Gasteiger partial charge in [0.1, 0.15) is 5.54 Å². The van der Waals surface area contributed by atoms with Crippen molar-refractivity contribution in [2.24, 2.45) is 11.8 Å². The number of imide groups is 1. The van der Waals surface area contributed by atoms with Crippen LogP contribution in [0.5, 0.6) is 0 Å². The molecule has 0 bridgehead atoms. The fourth-order valence-corrected chi connectivity index (χ4v) is 5.68. The van der Waals surface area contributed by atoms with Gasteiger partial charge in [-0.2, -0.15) is 12.6 Å². The number of rotatable bonds is 4. The molecule has 0 unspecified atom stereocenters. The van der Waals surface area contributed by atoms with Gasteiger partial charge in [-0.25, -0.2) is 4.90 Å². The maximum atomic E-state index is 13.8. The standard InChI is InChI=1S/C24H23N3O3S/c1-3-12-26-18-7-5-4-6-16(18)24(23(26)30)20-19(17(13-31)25-24)21(28)27(22(20)29)15-10-8-14(2)9-11-15/h3-11,17,19-20,25,31H,1,12-13H2,2H3/t17-,19+,20-,24+/m0/s1. The second-order valence-corrected chi connectivity index (χ2v) is 8.68. The van der Waals surface area contributed by atoms with Gasteiger partial charge >= 0.3 is 0 Å². The van der Waals surface area contributed by atoms with Gasteiger partial charge in [0.25, 0.3) is 5.91 Å². The molecule has 3 heterocycles. The Hall–Kier alpha value is -2.90. The maximum absolute atomic E-state index is 13.8. The van der Waals surface area contributed by atoms with Crippen molar-refractivity contribution in [1.82, 2.24) is 5.32 Å². The quantitative estimate of drug-likeness (QED) is 0.442. The van der Waals surface area contributed by atoms with E-state index in [0.717, 1.165) is 16.8 Å². The van der Waals surface area contributed by atoms with Gasteiger partial charge in [-0.1, -0.05) is 42.0 Å². The average molecular weight is 434 g/mol. The Morgan fingerprint density at radius 1 is 1.10 bits per heavy atom. The van der Waals surface area contributed by atoms with Crippen LogP contribution in [0.3, 0.4) is 0 Å². The van der Waals surface area contributed by atoms with Gasteiger partial charge in [0.15, 0.2) is 0 Å². The van der Waals surface area contributed by atoms with Gasteiger partial charge in [0.2, 0.25) is 11.8 Å². The topological polar surface area (TPSA) is 69.7 Å². The molecule has 2 aromatic carbocycles. The number of carbonyl (C=O) groups is 3. The van der Waals surface area contributed by atoms with Crippen LogP contribution in [0, 0.1) is 18.8 Å². The van der Waals surface area contributed by atoms with E-state index in [-0.39, 0.29) is 17.7 Å². The molecular weight excluding hydrogens is 410 g/mol. The largest absolute Gasteiger partial charge is 0.306 e. The fourth-order valence-electron chi connectivity index (χ4n) is 5.36. The molecule has 0 radical (unpaired) electrons. The zero-order valence-electron chi connectivity index (χ0n) is 17.1. The Bertz CT molecular complexity index is 1120. The Morgan fingerprint density at radius 2 is 1.81 bits per heavy atom. The number of anilines is 2. The summed E-state index contributed by atoms with van der Waals surface area (Å²) in [6.07, 6.45) is 1.66. The second-order valence-electron chi connectivity index (χ2n) is 8.31. The third-order valence-corrected chi connectivity index (χ3v) is 7.06. The lowest BCUT2D eigenvalue weighted by Crippen LogP contribution is -2.55. The summed E-state index contributed by atoms with van der Waals surface area (Å²) in [7, 11) is 0. The van der Waals surface area contributed by atoms with Crippen molar-refractivity contribution in [2.75, 3.05) is 22.1 Å². The summed E-state index contributed by atoms with van der Waals surface area (Å²) in [6.45, 7) is 6.05. The lowest BCUT2D eigenvalue weighted by Gasteiger charge is -2.30. The minimum absolute atomic E-state index is 0.222. The Kier molecular flexibility index (Phi) is 4.57. The second kappa shape index (κ2) is 7.07. The molecule has 5 rings (SSSR count). The van der Waals surface area contributed by atoms with Crippen molar-refractivity contribution >= 4 is 41.7 Å². The van der Waals surface area contributed by atoms with E-state index in [1.807, 2.05) is 43.3 Å². The zero-order valence-corrected chi connectivity index (χ0v) is 18.0. The molecule has 2 fully saturated rings. The first-order valence-corrected chi connectivity index (χ1v) is 10.9. The number of hydrogen-bond donors (Lipinski definition) is 2. The van der Waals surface area contributed by atoms with Gasteiger partial charge < -0.3 is 4.90 Å². The van der Waals surface area contributed by atoms with Crippen molar-refractivity contribution in [1.29, 1.82) is 0 Å². The summed E-state index contributed by atoms with van der Waals surface area (Å²) in [6, 6.07) is 14.3. The van der Waals surface area contributed by atoms with Crippen molar-refractivity contribution in [3.63, 3.8) is 0 Å². The third kappa shape index (κ3) is 2.53. The van der Waals surface area contributed by atoms with Crippen molar-refractivity contribution in [3.8, 4) is 0 Å². The molecule has 0 aromatic heterocycles. The predicted octanol–water partition coefficient (Wildman–Crippen LogP) is 2.43. The van der Waals surface area contributed by atoms with Crippen LogP contribution in [0.25, 0.3) is 0 Å². The molecule has 6 nitrogen and oxygen atoms in total. The van der Waals surface area contributed by atoms with Crippen molar-refractivity contribution in [3.05, 3.63) is 72.3 Å². The molecule has 0 aliphatic carbocycles. The molecule has 31 heavy (non-hydrogen) atoms. The van der Waals surface area contributed by atoms with Crippen LogP contribution in [0.4, 0.5) is 11.4 Å². The highest BCUT2D eigenvalue weighted by Gasteiger charge is 2.71. The van der Waals surface area contributed by atoms with E-state index in [9.17, 15) is 14.4 Å². The Balaban J connectivity index is 1.68. The van der Waals surface area contributed by atoms with E-state index < -0.39 is 23.4 Å². The number of nitrogens with one attached hydrogen (secondary N) is 1. The van der Waals surface area contributed by atoms with Gasteiger partial charge in [-0.05, 0) is 25.1 Å². The van der Waals surface area contributed by atoms with Gasteiger partial charge in [-0.3, -0.25) is 19.7 Å². The highest BCUT2D eigenvalue weighted by molar-refractivity contribution is 7.80. The smallest absolute Gasteiger partial charge is 0.253 e. The van der Waals surface area contributed by atoms with Crippen molar-refractivity contribution in [2.45, 2.75) is 18.5 Å². The van der Waals surface area contributed by atoms with Crippen LogP contribution in [0.1, 0.15) is 11.1 Å². The van der Waals surface area contributed by atoms with Crippen LogP contribution in [-0.2, 0) is 19.9 Å². The van der Waals surface area contributed by atoms with Crippen molar-refractivity contribution < 1.29 is 14.4 Å². The number of hydrogen-bond acceptors (Lipinski definition) is 5. The molecule has 3 aliphatic heterocycles. The minimum atomic E-state index is -1.29. The molecule has 0 saturated carbocycles. The molecule has 1 spiro atoms. The number of amides is 3. The van der Waals surface area contributed by atoms with Crippen LogP contribution < -0.4 is 15.1 Å². The molecule has 4 atom stereocenters. The number of nitrogens with zero attached hydrogens (tertiary/aromatic N) is 2. The maximum Gasteiger partial charge on any atom is 0.253 e. The third-order valence-electron chi connectivity index (χ3n) is 6.67. The van der Waals surface area contributed by atoms with Gasteiger partial charge in [0, 0.05) is 29.6 Å². The first kappa shape index (κ1) is 20.0. The van der Waals surface area contributed by atoms with E-state index in [1.165, 1.54) is 4.90 Å². The SMILES string of the molecule is C=CCN1C(=O)[C@@]2(N[C@@H](CS)[C@H]3C(=O)N(c4ccc(C)cc4)C(=O)[C@H]32)c2ccccc21. The molecule has 1 N–H and O–H groups in total. The summed E-state index contributed by atoms with van der Waals surface area (Å²) in [5.41, 5.74) is 1.75. The van der Waals surface area contributed by atoms with E-state index in [1.54, 1.807) is 23.1 Å². The number of aryl methyl sites for hydroxylation is 1. The predicted molar refractivity (Wildman–Crippen MR) is 122 cm³/mol. The van der Waals surface area contributed by atoms with E-state index >= 15 is 0 Å². The summed E-state index contributed by atoms with van der Waals surface area (Å²) in [5.74, 6) is -2.01. The highest BCUT2D eigenvalue weighted by Crippen LogP contribution is 2.55. The monoisotopic (exact) mass is 433 g/mol. The normalized spacial score (nSPS) is 29.1. The van der Waals surface area contributed by atoms with Crippen LogP contribution in [0.2, 0.25) is 0 Å². The summed E-state index contributed by atoms with van der Waals surface area (Å²) < 4.78 is 0. The Labute approximate surface area is 186 Å². The molecule has 2 aromatic rings. The van der Waals surface area contributed by atoms with Gasteiger partial charge in [0.05, 0.1) is 17.5 Å².